The second-order valence-electron chi connectivity index (χ2n) is 4.89. The molecule has 0 fully saturated rings. The van der Waals surface area contributed by atoms with E-state index in [4.69, 9.17) is 0 Å². The molecule has 0 saturated carbocycles. The monoisotopic (exact) mass is 354 g/mol. The Morgan fingerprint density at radius 3 is 2.50 bits per heavy atom. The number of benzene rings is 1. The molecular formula is C16H16F2N2O3S. The summed E-state index contributed by atoms with van der Waals surface area (Å²) < 4.78 is 28.3. The lowest BCUT2D eigenvalue weighted by Gasteiger charge is -2.12. The highest BCUT2D eigenvalue weighted by molar-refractivity contribution is 7.10. The fraction of sp³-hybridized carbons (Fsp3) is 0.250. The summed E-state index contributed by atoms with van der Waals surface area (Å²) in [7, 11) is 0. The maximum absolute atomic E-state index is 12.1. The second-order valence-corrected chi connectivity index (χ2v) is 5.87. The Balaban J connectivity index is 1.80. The molecule has 0 aliphatic rings. The van der Waals surface area contributed by atoms with Gasteiger partial charge in [0, 0.05) is 10.4 Å². The van der Waals surface area contributed by atoms with E-state index in [1.54, 1.807) is 0 Å². The lowest BCUT2D eigenvalue weighted by atomic mass is 10.2. The highest BCUT2D eigenvalue weighted by Gasteiger charge is 2.12. The summed E-state index contributed by atoms with van der Waals surface area (Å²) in [4.78, 5) is 24.8. The highest BCUT2D eigenvalue weighted by atomic mass is 32.1. The van der Waals surface area contributed by atoms with Crippen LogP contribution in [0.1, 0.15) is 28.2 Å². The van der Waals surface area contributed by atoms with E-state index in [9.17, 15) is 18.4 Å². The lowest BCUT2D eigenvalue weighted by molar-refractivity contribution is -0.120. The molecule has 128 valence electrons. The topological polar surface area (TPSA) is 67.4 Å². The fourth-order valence-corrected chi connectivity index (χ4v) is 2.69. The van der Waals surface area contributed by atoms with Crippen molar-refractivity contribution in [3.8, 4) is 5.75 Å². The van der Waals surface area contributed by atoms with Gasteiger partial charge in [-0.2, -0.15) is 8.78 Å². The van der Waals surface area contributed by atoms with Gasteiger partial charge in [0.25, 0.3) is 5.91 Å². The summed E-state index contributed by atoms with van der Waals surface area (Å²) >= 11 is 1.53. The second kappa shape index (κ2) is 8.39. The molecule has 5 nitrogen and oxygen atoms in total. The van der Waals surface area contributed by atoms with Gasteiger partial charge in [-0.05, 0) is 42.6 Å². The molecule has 2 N–H and O–H groups in total. The van der Waals surface area contributed by atoms with Crippen molar-refractivity contribution in [2.75, 3.05) is 6.54 Å². The van der Waals surface area contributed by atoms with E-state index in [1.807, 2.05) is 24.4 Å². The van der Waals surface area contributed by atoms with E-state index in [0.717, 1.165) is 4.88 Å². The van der Waals surface area contributed by atoms with Crippen molar-refractivity contribution < 1.29 is 23.1 Å². The van der Waals surface area contributed by atoms with Crippen LogP contribution in [0.3, 0.4) is 0 Å². The van der Waals surface area contributed by atoms with Crippen LogP contribution in [0.25, 0.3) is 0 Å². The van der Waals surface area contributed by atoms with E-state index in [-0.39, 0.29) is 29.8 Å². The number of alkyl halides is 2. The minimum absolute atomic E-state index is 0.0379. The lowest BCUT2D eigenvalue weighted by Crippen LogP contribution is -2.37. The molecule has 0 bridgehead atoms. The number of thiophene rings is 1. The molecule has 0 saturated heterocycles. The van der Waals surface area contributed by atoms with Crippen LogP contribution in [0.2, 0.25) is 0 Å². The van der Waals surface area contributed by atoms with Crippen molar-refractivity contribution in [3.05, 3.63) is 52.2 Å². The van der Waals surface area contributed by atoms with Gasteiger partial charge in [-0.1, -0.05) is 6.07 Å². The van der Waals surface area contributed by atoms with Crippen molar-refractivity contribution >= 4 is 23.2 Å². The van der Waals surface area contributed by atoms with E-state index in [1.165, 1.54) is 35.6 Å². The van der Waals surface area contributed by atoms with E-state index in [0.29, 0.717) is 0 Å². The third-order valence-electron chi connectivity index (χ3n) is 3.10. The Morgan fingerprint density at radius 1 is 1.21 bits per heavy atom. The number of hydrogen-bond donors (Lipinski definition) is 2. The Bertz CT molecular complexity index is 675. The van der Waals surface area contributed by atoms with Gasteiger partial charge < -0.3 is 15.4 Å². The summed E-state index contributed by atoms with van der Waals surface area (Å²) in [6, 6.07) is 8.89. The molecule has 0 aliphatic carbocycles. The zero-order valence-electron chi connectivity index (χ0n) is 12.8. The molecule has 24 heavy (non-hydrogen) atoms. The minimum atomic E-state index is -2.92. The maximum atomic E-state index is 12.1. The first-order chi connectivity index (χ1) is 11.5. The van der Waals surface area contributed by atoms with Gasteiger partial charge in [0.15, 0.2) is 0 Å². The van der Waals surface area contributed by atoms with Crippen LogP contribution in [-0.4, -0.2) is 25.0 Å². The Kier molecular flexibility index (Phi) is 6.25. The zero-order valence-corrected chi connectivity index (χ0v) is 13.6. The van der Waals surface area contributed by atoms with Gasteiger partial charge in [-0.15, -0.1) is 11.3 Å². The third-order valence-corrected chi connectivity index (χ3v) is 4.15. The summed E-state index contributed by atoms with van der Waals surface area (Å²) in [6.07, 6.45) is 0. The number of nitrogens with one attached hydrogen (secondary N) is 2. The van der Waals surface area contributed by atoms with Gasteiger partial charge in [0.1, 0.15) is 5.75 Å². The molecule has 0 aliphatic heterocycles. The average Bonchev–Trinajstić information content (AvgIpc) is 3.07. The molecule has 0 unspecified atom stereocenters. The van der Waals surface area contributed by atoms with Crippen LogP contribution in [0.15, 0.2) is 41.8 Å². The first-order valence-electron chi connectivity index (χ1n) is 7.11. The molecule has 1 aromatic heterocycles. The van der Waals surface area contributed by atoms with Gasteiger partial charge in [-0.3, -0.25) is 9.59 Å². The highest BCUT2D eigenvalue weighted by Crippen LogP contribution is 2.18. The number of hydrogen-bond acceptors (Lipinski definition) is 4. The number of halogens is 2. The SMILES string of the molecule is C[C@H](NC(=O)CNC(=O)c1ccc(OC(F)F)cc1)c1cccs1. The number of carbonyl (C=O) groups is 2. The summed E-state index contributed by atoms with van der Waals surface area (Å²) in [5, 5.41) is 7.16. The molecule has 1 heterocycles. The van der Waals surface area contributed by atoms with E-state index >= 15 is 0 Å². The van der Waals surface area contributed by atoms with Crippen molar-refractivity contribution in [3.63, 3.8) is 0 Å². The predicted molar refractivity (Wildman–Crippen MR) is 86.3 cm³/mol. The van der Waals surface area contributed by atoms with Crippen LogP contribution in [0.4, 0.5) is 8.78 Å². The Hall–Kier alpha value is -2.48. The van der Waals surface area contributed by atoms with Crippen LogP contribution in [0.5, 0.6) is 5.75 Å². The molecular weight excluding hydrogens is 338 g/mol. The summed E-state index contributed by atoms with van der Waals surface area (Å²) in [5.41, 5.74) is 0.246. The number of carbonyl (C=O) groups excluding carboxylic acids is 2. The molecule has 8 heteroatoms. The van der Waals surface area contributed by atoms with Crippen molar-refractivity contribution in [1.29, 1.82) is 0 Å². The van der Waals surface area contributed by atoms with Crippen molar-refractivity contribution in [2.24, 2.45) is 0 Å². The smallest absolute Gasteiger partial charge is 0.387 e. The number of ether oxygens (including phenoxy) is 1. The summed E-state index contributed by atoms with van der Waals surface area (Å²) in [6.45, 7) is -1.24. The molecule has 0 spiro atoms. The van der Waals surface area contributed by atoms with Crippen LogP contribution < -0.4 is 15.4 Å². The quantitative estimate of drug-likeness (QED) is 0.803. The number of amides is 2. The van der Waals surface area contributed by atoms with E-state index in [2.05, 4.69) is 15.4 Å². The van der Waals surface area contributed by atoms with E-state index < -0.39 is 12.5 Å². The van der Waals surface area contributed by atoms with Crippen molar-refractivity contribution in [1.82, 2.24) is 10.6 Å². The molecule has 1 aromatic carbocycles. The zero-order chi connectivity index (χ0) is 17.5. The first-order valence-corrected chi connectivity index (χ1v) is 7.99. The fourth-order valence-electron chi connectivity index (χ4n) is 1.95. The van der Waals surface area contributed by atoms with Gasteiger partial charge in [0.2, 0.25) is 5.91 Å². The van der Waals surface area contributed by atoms with Crippen LogP contribution in [0, 0.1) is 0 Å². The minimum Gasteiger partial charge on any atom is -0.435 e. The largest absolute Gasteiger partial charge is 0.435 e. The molecule has 2 amide bonds. The van der Waals surface area contributed by atoms with Gasteiger partial charge in [-0.25, -0.2) is 0 Å². The third kappa shape index (κ3) is 5.31. The average molecular weight is 354 g/mol. The van der Waals surface area contributed by atoms with Gasteiger partial charge in [0.05, 0.1) is 12.6 Å². The predicted octanol–water partition coefficient (Wildman–Crippen LogP) is 2.96. The molecule has 2 aromatic rings. The number of rotatable bonds is 7. The summed E-state index contributed by atoms with van der Waals surface area (Å²) in [5.74, 6) is -0.830. The van der Waals surface area contributed by atoms with Crippen molar-refractivity contribution in [2.45, 2.75) is 19.6 Å². The Labute approximate surface area is 141 Å². The van der Waals surface area contributed by atoms with Crippen LogP contribution >= 0.6 is 11.3 Å². The Morgan fingerprint density at radius 2 is 1.92 bits per heavy atom. The van der Waals surface area contributed by atoms with Gasteiger partial charge >= 0.3 is 6.61 Å². The normalized spacial score (nSPS) is 11.8. The first kappa shape index (κ1) is 17.9. The molecule has 2 rings (SSSR count). The van der Waals surface area contributed by atoms with Crippen LogP contribution in [-0.2, 0) is 4.79 Å². The molecule has 1 atom stereocenters. The maximum Gasteiger partial charge on any atom is 0.387 e. The standard InChI is InChI=1S/C16H16F2N2O3S/c1-10(13-3-2-8-24-13)20-14(21)9-19-15(22)11-4-6-12(7-5-11)23-16(17)18/h2-8,10,16H,9H2,1H3,(H,19,22)(H,20,21)/t10-/m0/s1. The molecule has 0 radical (unpaired) electrons.